The average molecular weight is 330 g/mol. The maximum Gasteiger partial charge on any atom is 0.350 e. The van der Waals surface area contributed by atoms with Crippen molar-refractivity contribution in [1.29, 1.82) is 0 Å². The van der Waals surface area contributed by atoms with E-state index in [0.717, 1.165) is 21.3 Å². The molecule has 22 heavy (non-hydrogen) atoms. The maximum absolute atomic E-state index is 11.9. The van der Waals surface area contributed by atoms with E-state index in [-0.39, 0.29) is 5.97 Å². The van der Waals surface area contributed by atoms with Gasteiger partial charge >= 0.3 is 5.97 Å². The molecule has 6 heteroatoms. The Labute approximate surface area is 136 Å². The second-order valence-electron chi connectivity index (χ2n) is 4.56. The number of aromatic nitrogens is 2. The van der Waals surface area contributed by atoms with Gasteiger partial charge in [-0.05, 0) is 13.8 Å². The van der Waals surface area contributed by atoms with Crippen LogP contribution >= 0.6 is 22.7 Å². The molecule has 0 atom stereocenters. The van der Waals surface area contributed by atoms with Crippen LogP contribution in [0.5, 0.6) is 0 Å². The van der Waals surface area contributed by atoms with Crippen molar-refractivity contribution in [1.82, 2.24) is 9.97 Å². The van der Waals surface area contributed by atoms with Crippen LogP contribution < -0.4 is 0 Å². The average Bonchev–Trinajstić information content (AvgIpc) is 3.15. The third kappa shape index (κ3) is 2.93. The fourth-order valence-corrected chi connectivity index (χ4v) is 3.78. The molecule has 0 aliphatic heterocycles. The summed E-state index contributed by atoms with van der Waals surface area (Å²) in [6.45, 7) is 3.97. The van der Waals surface area contributed by atoms with E-state index in [1.54, 1.807) is 18.3 Å². The molecular formula is C16H14N2O2S2. The quantitative estimate of drug-likeness (QED) is 0.665. The van der Waals surface area contributed by atoms with Crippen molar-refractivity contribution >= 4 is 28.6 Å². The first-order valence-corrected chi connectivity index (χ1v) is 8.54. The van der Waals surface area contributed by atoms with E-state index < -0.39 is 0 Å². The number of hydrogen-bond acceptors (Lipinski definition) is 6. The molecule has 0 aliphatic carbocycles. The summed E-state index contributed by atoms with van der Waals surface area (Å²) in [5, 5.41) is 3.66. The number of nitrogens with zero attached hydrogens (tertiary/aromatic N) is 2. The number of carbonyl (C=O) groups is 1. The van der Waals surface area contributed by atoms with Crippen molar-refractivity contribution in [2.24, 2.45) is 0 Å². The van der Waals surface area contributed by atoms with Gasteiger partial charge in [0.05, 0.1) is 12.3 Å². The molecule has 0 spiro atoms. The first-order valence-electron chi connectivity index (χ1n) is 6.85. The minimum absolute atomic E-state index is 0.317. The maximum atomic E-state index is 11.9. The second kappa shape index (κ2) is 6.37. The molecule has 1 aromatic carbocycles. The Morgan fingerprint density at radius 3 is 2.68 bits per heavy atom. The predicted molar refractivity (Wildman–Crippen MR) is 89.4 cm³/mol. The topological polar surface area (TPSA) is 52.1 Å². The smallest absolute Gasteiger partial charge is 0.350 e. The highest BCUT2D eigenvalue weighted by Gasteiger charge is 2.18. The summed E-state index contributed by atoms with van der Waals surface area (Å²) in [5.41, 5.74) is 2.57. The lowest BCUT2D eigenvalue weighted by Crippen LogP contribution is -2.03. The van der Waals surface area contributed by atoms with Crippen molar-refractivity contribution < 1.29 is 9.53 Å². The summed E-state index contributed by atoms with van der Waals surface area (Å²) in [4.78, 5) is 21.5. The number of esters is 1. The van der Waals surface area contributed by atoms with Crippen molar-refractivity contribution in [3.05, 3.63) is 46.3 Å². The first-order chi connectivity index (χ1) is 10.7. The monoisotopic (exact) mass is 330 g/mol. The lowest BCUT2D eigenvalue weighted by molar-refractivity contribution is 0.0531. The fourth-order valence-electron chi connectivity index (χ4n) is 1.98. The number of carbonyl (C=O) groups excluding carboxylic acids is 1. The lowest BCUT2D eigenvalue weighted by atomic mass is 10.2. The molecule has 0 N–H and O–H groups in total. The molecule has 112 valence electrons. The van der Waals surface area contributed by atoms with Gasteiger partial charge in [0.15, 0.2) is 0 Å². The number of aryl methyl sites for hydroxylation is 1. The normalized spacial score (nSPS) is 10.6. The SMILES string of the molecule is CCOC(=O)c1sc(-c2csc(-c3ccccc3)n2)nc1C. The third-order valence-electron chi connectivity index (χ3n) is 3.00. The number of benzene rings is 1. The van der Waals surface area contributed by atoms with Crippen LogP contribution in [0.2, 0.25) is 0 Å². The Kier molecular flexibility index (Phi) is 4.31. The van der Waals surface area contributed by atoms with Crippen LogP contribution in [-0.4, -0.2) is 22.5 Å². The zero-order valence-electron chi connectivity index (χ0n) is 12.2. The van der Waals surface area contributed by atoms with E-state index in [1.807, 2.05) is 42.6 Å². The molecule has 2 heterocycles. The van der Waals surface area contributed by atoms with Gasteiger partial charge < -0.3 is 4.74 Å². The Morgan fingerprint density at radius 2 is 1.95 bits per heavy atom. The van der Waals surface area contributed by atoms with Gasteiger partial charge in [0.25, 0.3) is 0 Å². The van der Waals surface area contributed by atoms with Crippen LogP contribution in [0.3, 0.4) is 0 Å². The Balaban J connectivity index is 1.91. The van der Waals surface area contributed by atoms with E-state index in [0.29, 0.717) is 17.2 Å². The highest BCUT2D eigenvalue weighted by atomic mass is 32.1. The van der Waals surface area contributed by atoms with Gasteiger partial charge in [-0.1, -0.05) is 30.3 Å². The summed E-state index contributed by atoms with van der Waals surface area (Å²) < 4.78 is 5.05. The standard InChI is InChI=1S/C16H14N2O2S2/c1-3-20-16(19)13-10(2)17-15(22-13)12-9-21-14(18-12)11-7-5-4-6-8-11/h4-9H,3H2,1-2H3. The van der Waals surface area contributed by atoms with E-state index in [9.17, 15) is 4.79 Å². The van der Waals surface area contributed by atoms with Gasteiger partial charge in [-0.2, -0.15) is 0 Å². The van der Waals surface area contributed by atoms with E-state index >= 15 is 0 Å². The summed E-state index contributed by atoms with van der Waals surface area (Å²) in [6, 6.07) is 10.0. The van der Waals surface area contributed by atoms with E-state index in [2.05, 4.69) is 9.97 Å². The molecule has 2 aromatic heterocycles. The highest BCUT2D eigenvalue weighted by molar-refractivity contribution is 7.18. The summed E-state index contributed by atoms with van der Waals surface area (Å²) in [5.74, 6) is -0.317. The van der Waals surface area contributed by atoms with Crippen LogP contribution in [0, 0.1) is 6.92 Å². The zero-order chi connectivity index (χ0) is 15.5. The predicted octanol–water partition coefficient (Wildman–Crippen LogP) is 4.42. The molecule has 4 nitrogen and oxygen atoms in total. The van der Waals surface area contributed by atoms with Crippen LogP contribution in [0.25, 0.3) is 21.3 Å². The van der Waals surface area contributed by atoms with Crippen LogP contribution in [0.1, 0.15) is 22.3 Å². The molecule has 0 bridgehead atoms. The van der Waals surface area contributed by atoms with Gasteiger partial charge in [-0.25, -0.2) is 14.8 Å². The van der Waals surface area contributed by atoms with Gasteiger partial charge in [0, 0.05) is 10.9 Å². The molecular weight excluding hydrogens is 316 g/mol. The van der Waals surface area contributed by atoms with Crippen molar-refractivity contribution in [2.45, 2.75) is 13.8 Å². The number of ether oxygens (including phenoxy) is 1. The minimum atomic E-state index is -0.317. The molecule has 0 fully saturated rings. The van der Waals surface area contributed by atoms with Gasteiger partial charge in [-0.3, -0.25) is 0 Å². The number of rotatable bonds is 4. The zero-order valence-corrected chi connectivity index (χ0v) is 13.8. The Hall–Kier alpha value is -2.05. The largest absolute Gasteiger partial charge is 0.462 e. The molecule has 3 rings (SSSR count). The molecule has 3 aromatic rings. The highest BCUT2D eigenvalue weighted by Crippen LogP contribution is 2.32. The third-order valence-corrected chi connectivity index (χ3v) is 5.05. The van der Waals surface area contributed by atoms with Crippen LogP contribution in [0.15, 0.2) is 35.7 Å². The van der Waals surface area contributed by atoms with E-state index in [4.69, 9.17) is 4.74 Å². The summed E-state index contributed by atoms with van der Waals surface area (Å²) >= 11 is 2.90. The Bertz CT molecular complexity index is 794. The number of hydrogen-bond donors (Lipinski definition) is 0. The van der Waals surface area contributed by atoms with Gasteiger partial charge in [0.2, 0.25) is 0 Å². The molecule has 0 saturated heterocycles. The first kappa shape index (κ1) is 14.9. The minimum Gasteiger partial charge on any atom is -0.462 e. The van der Waals surface area contributed by atoms with Crippen LogP contribution in [-0.2, 0) is 4.74 Å². The van der Waals surface area contributed by atoms with Gasteiger partial charge in [-0.15, -0.1) is 22.7 Å². The Morgan fingerprint density at radius 1 is 1.18 bits per heavy atom. The van der Waals surface area contributed by atoms with Crippen LogP contribution in [0.4, 0.5) is 0 Å². The second-order valence-corrected chi connectivity index (χ2v) is 6.42. The van der Waals surface area contributed by atoms with Crippen molar-refractivity contribution in [3.63, 3.8) is 0 Å². The molecule has 0 saturated carbocycles. The van der Waals surface area contributed by atoms with Crippen molar-refractivity contribution in [2.75, 3.05) is 6.61 Å². The molecule has 0 aliphatic rings. The summed E-state index contributed by atoms with van der Waals surface area (Å²) in [6.07, 6.45) is 0. The summed E-state index contributed by atoms with van der Waals surface area (Å²) in [7, 11) is 0. The fraction of sp³-hybridized carbons (Fsp3) is 0.188. The number of thiazole rings is 2. The van der Waals surface area contributed by atoms with Crippen molar-refractivity contribution in [3.8, 4) is 21.3 Å². The molecule has 0 amide bonds. The van der Waals surface area contributed by atoms with E-state index in [1.165, 1.54) is 11.3 Å². The molecule has 0 radical (unpaired) electrons. The lowest BCUT2D eigenvalue weighted by Gasteiger charge is -1.97. The molecule has 0 unspecified atom stereocenters. The van der Waals surface area contributed by atoms with Gasteiger partial charge in [0.1, 0.15) is 20.6 Å².